The van der Waals surface area contributed by atoms with E-state index in [0.717, 1.165) is 61.9 Å². The lowest BCUT2D eigenvalue weighted by Gasteiger charge is -2.15. The van der Waals surface area contributed by atoms with Crippen LogP contribution in [0.25, 0.3) is 10.5 Å². The molecule has 0 aliphatic carbocycles. The number of ketones is 1. The van der Waals surface area contributed by atoms with E-state index in [9.17, 15) is 9.00 Å². The molecule has 0 bridgehead atoms. The Kier molecular flexibility index (Phi) is 14.6. The van der Waals surface area contributed by atoms with Gasteiger partial charge in [-0.25, -0.2) is 23.4 Å². The lowest BCUT2D eigenvalue weighted by molar-refractivity contribution is -0.159. The van der Waals surface area contributed by atoms with E-state index in [2.05, 4.69) is 9.80 Å². The Morgan fingerprint density at radius 3 is 1.46 bits per heavy atom. The highest BCUT2D eigenvalue weighted by molar-refractivity contribution is 7.95. The first-order valence-electron chi connectivity index (χ1n) is 16.6. The summed E-state index contributed by atoms with van der Waals surface area (Å²) in [7, 11) is -1.45. The van der Waals surface area contributed by atoms with Crippen LogP contribution >= 0.6 is 0 Å². The van der Waals surface area contributed by atoms with E-state index in [4.69, 9.17) is 49.1 Å². The number of carbonyl (C=O) groups is 5. The molecule has 276 valence electrons. The number of benzene rings is 3. The average molecular weight is 737 g/mol. The van der Waals surface area contributed by atoms with Gasteiger partial charge in [0, 0.05) is 29.8 Å². The number of fused-ring (bicyclic) bond motifs is 1. The number of carboxylic acids is 4. The Morgan fingerprint density at radius 1 is 0.596 bits per heavy atom. The standard InChI is InChI=1S/C33H36N2O4S.2C2H2O4/c36-32(25-9-13-27(14-10-25)38-23-21-34-17-3-4-18-34)31-29-7-1-2-8-30(29)40(37)33(31)26-11-15-28(16-12-26)39-24-22-35-19-5-6-20-35;2*3-1(4)2(5)6/h1-2,7-16H,3-6,17-24H2;2*(H,3,4)(H,5,6). The van der Waals surface area contributed by atoms with Crippen molar-refractivity contribution in [2.75, 3.05) is 52.5 Å². The molecule has 3 aliphatic rings. The van der Waals surface area contributed by atoms with Crippen molar-refractivity contribution in [1.29, 1.82) is 0 Å². The number of carboxylic acid groups (broad SMARTS) is 4. The summed E-state index contributed by atoms with van der Waals surface area (Å²) in [6, 6.07) is 22.4. The molecule has 3 heterocycles. The number of aliphatic carboxylic acids is 4. The van der Waals surface area contributed by atoms with Gasteiger partial charge in [-0.3, -0.25) is 14.6 Å². The molecule has 3 aromatic carbocycles. The van der Waals surface area contributed by atoms with E-state index in [-0.39, 0.29) is 5.78 Å². The Bertz CT molecular complexity index is 1750. The lowest BCUT2D eigenvalue weighted by Crippen LogP contribution is -2.25. The number of Topliss-reactive ketones (excluding diaryl/α,β-unsaturated/α-hetero) is 1. The Labute approximate surface area is 302 Å². The summed E-state index contributed by atoms with van der Waals surface area (Å²) in [5.74, 6) is -5.91. The van der Waals surface area contributed by atoms with Gasteiger partial charge < -0.3 is 29.9 Å². The minimum Gasteiger partial charge on any atom is -0.492 e. The van der Waals surface area contributed by atoms with Crippen molar-refractivity contribution in [3.8, 4) is 11.5 Å². The van der Waals surface area contributed by atoms with Crippen LogP contribution in [0.4, 0.5) is 0 Å². The van der Waals surface area contributed by atoms with Crippen molar-refractivity contribution in [3.63, 3.8) is 0 Å². The number of carbonyl (C=O) groups excluding carboxylic acids is 1. The Hall–Kier alpha value is -5.38. The fourth-order valence-corrected chi connectivity index (χ4v) is 7.31. The smallest absolute Gasteiger partial charge is 0.414 e. The molecule has 3 aromatic rings. The number of hydrogen-bond donors (Lipinski definition) is 4. The van der Waals surface area contributed by atoms with Gasteiger partial charge in [0.15, 0.2) is 5.78 Å². The van der Waals surface area contributed by atoms with Crippen LogP contribution in [0.3, 0.4) is 0 Å². The summed E-state index contributed by atoms with van der Waals surface area (Å²) in [4.78, 5) is 56.4. The fraction of sp³-hybridized carbons (Fsp3) is 0.324. The Balaban J connectivity index is 0.000000436. The second-order valence-corrected chi connectivity index (χ2v) is 13.2. The highest BCUT2D eigenvalue weighted by Crippen LogP contribution is 2.43. The zero-order valence-corrected chi connectivity index (χ0v) is 29.1. The van der Waals surface area contributed by atoms with Crippen molar-refractivity contribution in [2.24, 2.45) is 0 Å². The third-order valence-corrected chi connectivity index (χ3v) is 9.91. The molecule has 0 aromatic heterocycles. The first-order chi connectivity index (χ1) is 25.0. The molecular weight excluding hydrogens is 696 g/mol. The number of likely N-dealkylation sites (tertiary alicyclic amines) is 2. The highest BCUT2D eigenvalue weighted by atomic mass is 32.2. The molecule has 0 radical (unpaired) electrons. The fourth-order valence-electron chi connectivity index (χ4n) is 5.78. The second kappa shape index (κ2) is 19.3. The zero-order valence-electron chi connectivity index (χ0n) is 28.3. The maximum Gasteiger partial charge on any atom is 0.414 e. The van der Waals surface area contributed by atoms with E-state index in [1.54, 1.807) is 12.1 Å². The molecular formula is C37H40N2O12S. The normalized spacial score (nSPS) is 16.5. The minimum atomic E-state index is -1.82. The van der Waals surface area contributed by atoms with Gasteiger partial charge in [0.05, 0.1) is 20.6 Å². The van der Waals surface area contributed by atoms with Gasteiger partial charge in [0.25, 0.3) is 0 Å². The van der Waals surface area contributed by atoms with Crippen LogP contribution in [-0.4, -0.2) is 117 Å². The van der Waals surface area contributed by atoms with E-state index in [0.29, 0.717) is 34.2 Å². The number of ether oxygens (including phenoxy) is 2. The largest absolute Gasteiger partial charge is 0.492 e. The van der Waals surface area contributed by atoms with Crippen LogP contribution in [0.5, 0.6) is 11.5 Å². The van der Waals surface area contributed by atoms with Crippen LogP contribution in [-0.2, 0) is 30.0 Å². The molecule has 4 N–H and O–H groups in total. The van der Waals surface area contributed by atoms with Gasteiger partial charge in [0.1, 0.15) is 24.7 Å². The highest BCUT2D eigenvalue weighted by Gasteiger charge is 2.33. The van der Waals surface area contributed by atoms with E-state index in [1.165, 1.54) is 25.7 Å². The molecule has 6 rings (SSSR count). The molecule has 14 nitrogen and oxygen atoms in total. The van der Waals surface area contributed by atoms with E-state index < -0.39 is 34.7 Å². The number of rotatable bonds is 11. The second-order valence-electron chi connectivity index (χ2n) is 11.9. The van der Waals surface area contributed by atoms with Gasteiger partial charge in [-0.1, -0.05) is 30.3 Å². The predicted molar refractivity (Wildman–Crippen MR) is 190 cm³/mol. The van der Waals surface area contributed by atoms with Gasteiger partial charge >= 0.3 is 23.9 Å². The van der Waals surface area contributed by atoms with Crippen LogP contribution in [0.1, 0.15) is 47.2 Å². The number of hydrogen-bond acceptors (Lipinski definition) is 10. The topological polar surface area (TPSA) is 208 Å². The van der Waals surface area contributed by atoms with Crippen molar-refractivity contribution in [2.45, 2.75) is 30.6 Å². The van der Waals surface area contributed by atoms with Gasteiger partial charge in [0.2, 0.25) is 0 Å². The number of allylic oxidation sites excluding steroid dienone is 1. The maximum atomic E-state index is 13.9. The van der Waals surface area contributed by atoms with E-state index in [1.807, 2.05) is 60.7 Å². The van der Waals surface area contributed by atoms with Crippen LogP contribution in [0.2, 0.25) is 0 Å². The Morgan fingerprint density at radius 2 is 1.02 bits per heavy atom. The summed E-state index contributed by atoms with van der Waals surface area (Å²) in [5.41, 5.74) is 2.55. The van der Waals surface area contributed by atoms with Crippen molar-refractivity contribution in [1.82, 2.24) is 9.80 Å². The van der Waals surface area contributed by atoms with Gasteiger partial charge in [-0.05, 0) is 99.9 Å². The average Bonchev–Trinajstić information content (AvgIpc) is 3.91. The van der Waals surface area contributed by atoms with Gasteiger partial charge in [-0.2, -0.15) is 0 Å². The van der Waals surface area contributed by atoms with Crippen LogP contribution < -0.4 is 9.47 Å². The first kappa shape index (κ1) is 39.4. The first-order valence-corrected chi connectivity index (χ1v) is 17.7. The van der Waals surface area contributed by atoms with Gasteiger partial charge in [-0.15, -0.1) is 0 Å². The molecule has 1 atom stereocenters. The molecule has 3 aliphatic heterocycles. The predicted octanol–water partition coefficient (Wildman–Crippen LogP) is 3.82. The van der Waals surface area contributed by atoms with Crippen LogP contribution in [0, 0.1) is 0 Å². The zero-order chi connectivity index (χ0) is 37.6. The minimum absolute atomic E-state index is 0.136. The quantitative estimate of drug-likeness (QED) is 0.163. The molecule has 2 saturated heterocycles. The summed E-state index contributed by atoms with van der Waals surface area (Å²) >= 11 is 0. The number of nitrogens with zero attached hydrogens (tertiary/aromatic N) is 2. The molecule has 0 saturated carbocycles. The summed E-state index contributed by atoms with van der Waals surface area (Å²) in [6.07, 6.45) is 5.06. The molecule has 2 fully saturated rings. The van der Waals surface area contributed by atoms with Crippen molar-refractivity contribution in [3.05, 3.63) is 89.5 Å². The summed E-state index contributed by atoms with van der Waals surface area (Å²) in [6.45, 7) is 7.70. The molecule has 52 heavy (non-hydrogen) atoms. The van der Waals surface area contributed by atoms with Crippen molar-refractivity contribution < 1.29 is 58.1 Å². The lowest BCUT2D eigenvalue weighted by atomic mass is 9.94. The third-order valence-electron chi connectivity index (χ3n) is 8.34. The molecule has 1 unspecified atom stereocenters. The molecule has 15 heteroatoms. The van der Waals surface area contributed by atoms with E-state index >= 15 is 0 Å². The van der Waals surface area contributed by atoms with Crippen LogP contribution in [0.15, 0.2) is 77.7 Å². The summed E-state index contributed by atoms with van der Waals surface area (Å²) < 4.78 is 25.6. The SMILES string of the molecule is O=C(C1=C(c2ccc(OCCN3CCCC3)cc2)S(=O)c2ccccc21)c1ccc(OCCN2CCCC2)cc1.O=C(O)C(=O)O.O=C(O)C(=O)O. The maximum absolute atomic E-state index is 13.9. The summed E-state index contributed by atoms with van der Waals surface area (Å²) in [5, 5.41) is 29.6. The molecule has 0 amide bonds. The monoisotopic (exact) mass is 736 g/mol. The molecule has 0 spiro atoms. The third kappa shape index (κ3) is 11.1. The van der Waals surface area contributed by atoms with Crippen molar-refractivity contribution >= 4 is 50.9 Å².